The van der Waals surface area contributed by atoms with Crippen molar-refractivity contribution in [3.63, 3.8) is 0 Å². The third-order valence-corrected chi connectivity index (χ3v) is 4.04. The van der Waals surface area contributed by atoms with Gasteiger partial charge < -0.3 is 10.5 Å². The Balaban J connectivity index is 2.47. The van der Waals surface area contributed by atoms with Crippen molar-refractivity contribution in [3.8, 4) is 0 Å². The second-order valence-corrected chi connectivity index (χ2v) is 7.17. The van der Waals surface area contributed by atoms with E-state index in [9.17, 15) is 4.79 Å². The normalized spacial score (nSPS) is 23.3. The molecule has 1 rings (SSSR count). The van der Waals surface area contributed by atoms with E-state index in [-0.39, 0.29) is 18.1 Å². The highest BCUT2D eigenvalue weighted by Gasteiger charge is 2.34. The number of primary amides is 1. The first-order valence-electron chi connectivity index (χ1n) is 7.34. The van der Waals surface area contributed by atoms with E-state index in [1.165, 1.54) is 12.8 Å². The maximum atomic E-state index is 11.6. The molecule has 0 radical (unpaired) electrons. The Morgan fingerprint density at radius 3 is 2.37 bits per heavy atom. The van der Waals surface area contributed by atoms with Crippen molar-refractivity contribution in [2.45, 2.75) is 78.0 Å². The maximum absolute atomic E-state index is 11.6. The molecule has 1 fully saturated rings. The minimum absolute atomic E-state index is 0.200. The first-order valence-corrected chi connectivity index (χ1v) is 7.34. The Bertz CT molecular complexity index is 305. The number of ether oxygens (including phenoxy) is 1. The molecule has 0 aromatic rings. The number of carbonyl (C=O) groups is 1. The first-order chi connectivity index (χ1) is 8.65. The zero-order chi connectivity index (χ0) is 14.7. The Morgan fingerprint density at radius 1 is 1.42 bits per heavy atom. The van der Waals surface area contributed by atoms with E-state index in [2.05, 4.69) is 19.2 Å². The van der Waals surface area contributed by atoms with Crippen LogP contribution in [0.15, 0.2) is 0 Å². The Labute approximate surface area is 117 Å². The minimum atomic E-state index is -0.777. The van der Waals surface area contributed by atoms with Crippen LogP contribution >= 0.6 is 0 Å². The summed E-state index contributed by atoms with van der Waals surface area (Å²) in [6.07, 6.45) is 4.78. The van der Waals surface area contributed by atoms with E-state index in [4.69, 9.17) is 10.5 Å². The maximum Gasteiger partial charge on any atom is 0.239 e. The lowest BCUT2D eigenvalue weighted by molar-refractivity contribution is -0.128. The molecule has 112 valence electrons. The summed E-state index contributed by atoms with van der Waals surface area (Å²) >= 11 is 0. The monoisotopic (exact) mass is 270 g/mol. The summed E-state index contributed by atoms with van der Waals surface area (Å²) < 4.78 is 5.94. The van der Waals surface area contributed by atoms with Gasteiger partial charge in [-0.2, -0.15) is 0 Å². The van der Waals surface area contributed by atoms with Crippen LogP contribution in [0.3, 0.4) is 0 Å². The molecular formula is C15H30N2O2. The molecule has 1 aliphatic carbocycles. The van der Waals surface area contributed by atoms with Gasteiger partial charge in [0.2, 0.25) is 5.91 Å². The lowest BCUT2D eigenvalue weighted by atomic mass is 9.76. The lowest BCUT2D eigenvalue weighted by Gasteiger charge is -2.36. The van der Waals surface area contributed by atoms with E-state index in [0.717, 1.165) is 12.8 Å². The number of carbonyl (C=O) groups excluding carboxylic acids is 1. The third-order valence-electron chi connectivity index (χ3n) is 4.04. The highest BCUT2D eigenvalue weighted by molar-refractivity contribution is 5.84. The molecule has 1 atom stereocenters. The average Bonchev–Trinajstić information content (AvgIpc) is 2.26. The highest BCUT2D eigenvalue weighted by Crippen LogP contribution is 2.36. The van der Waals surface area contributed by atoms with Gasteiger partial charge in [-0.05, 0) is 51.9 Å². The molecular weight excluding hydrogens is 240 g/mol. The van der Waals surface area contributed by atoms with Crippen molar-refractivity contribution < 1.29 is 9.53 Å². The van der Waals surface area contributed by atoms with Gasteiger partial charge in [-0.25, -0.2) is 0 Å². The van der Waals surface area contributed by atoms with Crippen LogP contribution in [0.1, 0.15) is 60.3 Å². The SMILES string of the molecule is CC(C)NC(C)(COC1CCC(C)(C)CC1)C(N)=O. The molecule has 0 spiro atoms. The summed E-state index contributed by atoms with van der Waals surface area (Å²) in [6, 6.07) is 0.200. The van der Waals surface area contributed by atoms with Gasteiger partial charge in [0, 0.05) is 6.04 Å². The Morgan fingerprint density at radius 2 is 1.95 bits per heavy atom. The van der Waals surface area contributed by atoms with Gasteiger partial charge >= 0.3 is 0 Å². The van der Waals surface area contributed by atoms with Crippen LogP contribution in [0.2, 0.25) is 0 Å². The van der Waals surface area contributed by atoms with E-state index in [1.54, 1.807) is 0 Å². The molecule has 0 saturated heterocycles. The number of hydrogen-bond acceptors (Lipinski definition) is 3. The number of amides is 1. The van der Waals surface area contributed by atoms with Crippen LogP contribution in [0, 0.1) is 5.41 Å². The second kappa shape index (κ2) is 6.23. The molecule has 0 heterocycles. The second-order valence-electron chi connectivity index (χ2n) is 7.17. The van der Waals surface area contributed by atoms with Crippen molar-refractivity contribution in [1.82, 2.24) is 5.32 Å². The molecule has 3 N–H and O–H groups in total. The summed E-state index contributed by atoms with van der Waals surface area (Å²) in [7, 11) is 0. The van der Waals surface area contributed by atoms with Crippen molar-refractivity contribution in [1.29, 1.82) is 0 Å². The van der Waals surface area contributed by atoms with E-state index in [0.29, 0.717) is 12.0 Å². The van der Waals surface area contributed by atoms with E-state index in [1.807, 2.05) is 20.8 Å². The van der Waals surface area contributed by atoms with E-state index < -0.39 is 5.54 Å². The quantitative estimate of drug-likeness (QED) is 0.778. The largest absolute Gasteiger partial charge is 0.376 e. The molecule has 0 aliphatic heterocycles. The van der Waals surface area contributed by atoms with Crippen LogP contribution in [0.25, 0.3) is 0 Å². The highest BCUT2D eigenvalue weighted by atomic mass is 16.5. The number of rotatable bonds is 6. The van der Waals surface area contributed by atoms with Crippen molar-refractivity contribution in [3.05, 3.63) is 0 Å². The predicted molar refractivity (Wildman–Crippen MR) is 77.9 cm³/mol. The van der Waals surface area contributed by atoms with Crippen LogP contribution in [0.4, 0.5) is 0 Å². The molecule has 19 heavy (non-hydrogen) atoms. The van der Waals surface area contributed by atoms with Gasteiger partial charge in [-0.15, -0.1) is 0 Å². The number of hydrogen-bond donors (Lipinski definition) is 2. The zero-order valence-corrected chi connectivity index (χ0v) is 13.1. The average molecular weight is 270 g/mol. The molecule has 0 aromatic carbocycles. The van der Waals surface area contributed by atoms with Crippen LogP contribution in [0.5, 0.6) is 0 Å². The fourth-order valence-electron chi connectivity index (χ4n) is 2.65. The summed E-state index contributed by atoms with van der Waals surface area (Å²) in [5, 5.41) is 3.21. The van der Waals surface area contributed by atoms with Crippen molar-refractivity contribution in [2.75, 3.05) is 6.61 Å². The third kappa shape index (κ3) is 5.11. The molecule has 4 nitrogen and oxygen atoms in total. The van der Waals surface area contributed by atoms with Gasteiger partial charge in [0.25, 0.3) is 0 Å². The molecule has 1 amide bonds. The molecule has 4 heteroatoms. The van der Waals surface area contributed by atoms with Gasteiger partial charge in [0.15, 0.2) is 0 Å². The number of nitrogens with one attached hydrogen (secondary N) is 1. The van der Waals surface area contributed by atoms with Gasteiger partial charge in [0.1, 0.15) is 5.54 Å². The van der Waals surface area contributed by atoms with Crippen LogP contribution < -0.4 is 11.1 Å². The smallest absolute Gasteiger partial charge is 0.239 e. The molecule has 0 bridgehead atoms. The number of nitrogens with two attached hydrogens (primary N) is 1. The van der Waals surface area contributed by atoms with Gasteiger partial charge in [0.05, 0.1) is 12.7 Å². The fourth-order valence-corrected chi connectivity index (χ4v) is 2.65. The van der Waals surface area contributed by atoms with E-state index >= 15 is 0 Å². The molecule has 1 saturated carbocycles. The van der Waals surface area contributed by atoms with Crippen LogP contribution in [-0.2, 0) is 9.53 Å². The summed E-state index contributed by atoms with van der Waals surface area (Å²) in [5.74, 6) is -0.350. The fraction of sp³-hybridized carbons (Fsp3) is 0.933. The molecule has 1 aliphatic rings. The zero-order valence-electron chi connectivity index (χ0n) is 13.1. The Kier molecular flexibility index (Phi) is 5.39. The minimum Gasteiger partial charge on any atom is -0.376 e. The summed E-state index contributed by atoms with van der Waals surface area (Å²) in [4.78, 5) is 11.6. The van der Waals surface area contributed by atoms with Crippen LogP contribution in [-0.4, -0.2) is 30.2 Å². The van der Waals surface area contributed by atoms with Crippen molar-refractivity contribution >= 4 is 5.91 Å². The van der Waals surface area contributed by atoms with Gasteiger partial charge in [-0.3, -0.25) is 10.1 Å². The topological polar surface area (TPSA) is 64.3 Å². The standard InChI is InChI=1S/C15H30N2O2/c1-11(2)17-15(5,13(16)18)10-19-12-6-8-14(3,4)9-7-12/h11-12,17H,6-10H2,1-5H3,(H2,16,18). The summed E-state index contributed by atoms with van der Waals surface area (Å²) in [6.45, 7) is 10.8. The summed E-state index contributed by atoms with van der Waals surface area (Å²) in [5.41, 5.74) is 5.15. The van der Waals surface area contributed by atoms with Crippen molar-refractivity contribution in [2.24, 2.45) is 11.1 Å². The first kappa shape index (κ1) is 16.4. The molecule has 1 unspecified atom stereocenters. The molecule has 0 aromatic heterocycles. The van der Waals surface area contributed by atoms with Gasteiger partial charge in [-0.1, -0.05) is 13.8 Å². The Hall–Kier alpha value is -0.610. The predicted octanol–water partition coefficient (Wildman–Crippen LogP) is 2.21. The lowest BCUT2D eigenvalue weighted by Crippen LogP contribution is -2.59.